The highest BCUT2D eigenvalue weighted by molar-refractivity contribution is 5.94. The van der Waals surface area contributed by atoms with Crippen LogP contribution in [0.3, 0.4) is 0 Å². The number of rotatable bonds is 6. The fraction of sp³-hybridized carbons (Fsp3) is 0.333. The van der Waals surface area contributed by atoms with Crippen LogP contribution in [0.2, 0.25) is 0 Å². The van der Waals surface area contributed by atoms with Crippen molar-refractivity contribution < 1.29 is 9.21 Å². The third-order valence-electron chi connectivity index (χ3n) is 4.88. The van der Waals surface area contributed by atoms with Crippen molar-refractivity contribution in [1.82, 2.24) is 20.0 Å². The number of nitrogens with zero attached hydrogens (tertiary/aromatic N) is 3. The molecule has 27 heavy (non-hydrogen) atoms. The molecule has 0 atom stereocenters. The zero-order valence-electron chi connectivity index (χ0n) is 15.3. The molecule has 3 aromatic rings. The molecule has 0 spiro atoms. The summed E-state index contributed by atoms with van der Waals surface area (Å²) in [5, 5.41) is 7.64. The van der Waals surface area contributed by atoms with Crippen molar-refractivity contribution in [2.75, 3.05) is 26.2 Å². The van der Waals surface area contributed by atoms with E-state index in [2.05, 4.69) is 15.3 Å². The summed E-state index contributed by atoms with van der Waals surface area (Å²) in [4.78, 5) is 15.3. The average molecular weight is 364 g/mol. The van der Waals surface area contributed by atoms with Gasteiger partial charge in [-0.25, -0.2) is 4.68 Å². The Bertz CT molecular complexity index is 865. The van der Waals surface area contributed by atoms with Crippen LogP contribution in [-0.4, -0.2) is 46.8 Å². The summed E-state index contributed by atoms with van der Waals surface area (Å²) in [6, 6.07) is 15.1. The van der Waals surface area contributed by atoms with Crippen molar-refractivity contribution in [2.45, 2.75) is 19.3 Å². The number of likely N-dealkylation sites (tertiary alicyclic amines) is 1. The van der Waals surface area contributed by atoms with Gasteiger partial charge in [-0.15, -0.1) is 0 Å². The fourth-order valence-corrected chi connectivity index (χ4v) is 3.45. The summed E-state index contributed by atoms with van der Waals surface area (Å²) in [7, 11) is 0. The Kier molecular flexibility index (Phi) is 5.34. The van der Waals surface area contributed by atoms with E-state index in [9.17, 15) is 4.79 Å². The molecule has 1 saturated heterocycles. The molecule has 3 heterocycles. The Hall–Kier alpha value is -2.86. The molecule has 2 aromatic heterocycles. The van der Waals surface area contributed by atoms with E-state index in [4.69, 9.17) is 4.42 Å². The maximum atomic E-state index is 12.8. The smallest absolute Gasteiger partial charge is 0.270 e. The van der Waals surface area contributed by atoms with Crippen LogP contribution in [0, 0.1) is 0 Å². The van der Waals surface area contributed by atoms with Crippen LogP contribution < -0.4 is 5.32 Å². The van der Waals surface area contributed by atoms with Gasteiger partial charge in [0.1, 0.15) is 11.4 Å². The van der Waals surface area contributed by atoms with E-state index in [-0.39, 0.29) is 5.91 Å². The van der Waals surface area contributed by atoms with Crippen LogP contribution in [0.1, 0.15) is 29.8 Å². The van der Waals surface area contributed by atoms with E-state index >= 15 is 0 Å². The van der Waals surface area contributed by atoms with Gasteiger partial charge in [0.25, 0.3) is 5.91 Å². The van der Waals surface area contributed by atoms with Crippen LogP contribution >= 0.6 is 0 Å². The molecule has 1 N–H and O–H groups in total. The maximum absolute atomic E-state index is 12.8. The number of piperidine rings is 1. The topological polar surface area (TPSA) is 63.3 Å². The molecule has 0 unspecified atom stereocenters. The van der Waals surface area contributed by atoms with Gasteiger partial charge < -0.3 is 14.6 Å². The number of hydrogen-bond donors (Lipinski definition) is 1. The van der Waals surface area contributed by atoms with E-state index in [1.807, 2.05) is 42.5 Å². The van der Waals surface area contributed by atoms with E-state index in [1.165, 1.54) is 19.3 Å². The lowest BCUT2D eigenvalue weighted by Gasteiger charge is -2.26. The lowest BCUT2D eigenvalue weighted by Crippen LogP contribution is -2.38. The number of furan rings is 1. The summed E-state index contributed by atoms with van der Waals surface area (Å²) in [6.07, 6.45) is 5.42. The fourth-order valence-electron chi connectivity index (χ4n) is 3.45. The molecule has 1 aliphatic heterocycles. The van der Waals surface area contributed by atoms with Crippen LogP contribution in [0.15, 0.2) is 59.2 Å². The van der Waals surface area contributed by atoms with Gasteiger partial charge in [0.05, 0.1) is 12.0 Å². The Morgan fingerprint density at radius 2 is 1.89 bits per heavy atom. The van der Waals surface area contributed by atoms with Crippen molar-refractivity contribution in [3.63, 3.8) is 0 Å². The molecule has 6 nitrogen and oxygen atoms in total. The normalized spacial score (nSPS) is 15.0. The predicted octanol–water partition coefficient (Wildman–Crippen LogP) is 3.35. The van der Waals surface area contributed by atoms with Gasteiger partial charge >= 0.3 is 0 Å². The second-order valence-electron chi connectivity index (χ2n) is 6.80. The third kappa shape index (κ3) is 4.11. The highest BCUT2D eigenvalue weighted by Crippen LogP contribution is 2.22. The second-order valence-corrected chi connectivity index (χ2v) is 6.80. The monoisotopic (exact) mass is 364 g/mol. The number of para-hydroxylation sites is 1. The highest BCUT2D eigenvalue weighted by Gasteiger charge is 2.19. The van der Waals surface area contributed by atoms with Gasteiger partial charge in [-0.05, 0) is 50.2 Å². The number of hydrogen-bond acceptors (Lipinski definition) is 4. The number of amides is 1. The van der Waals surface area contributed by atoms with Gasteiger partial charge in [-0.2, -0.15) is 5.10 Å². The van der Waals surface area contributed by atoms with Crippen molar-refractivity contribution in [3.05, 3.63) is 60.5 Å². The van der Waals surface area contributed by atoms with Crippen molar-refractivity contribution >= 4 is 5.91 Å². The molecular formula is C21H24N4O2. The van der Waals surface area contributed by atoms with Crippen LogP contribution in [-0.2, 0) is 0 Å². The van der Waals surface area contributed by atoms with Crippen molar-refractivity contribution in [3.8, 4) is 17.1 Å². The first-order valence-corrected chi connectivity index (χ1v) is 9.51. The Labute approximate surface area is 158 Å². The summed E-state index contributed by atoms with van der Waals surface area (Å²) < 4.78 is 7.12. The van der Waals surface area contributed by atoms with Crippen LogP contribution in [0.5, 0.6) is 0 Å². The van der Waals surface area contributed by atoms with Gasteiger partial charge in [-0.3, -0.25) is 4.79 Å². The lowest BCUT2D eigenvalue weighted by atomic mass is 10.1. The Balaban J connectivity index is 1.52. The Morgan fingerprint density at radius 1 is 1.07 bits per heavy atom. The summed E-state index contributed by atoms with van der Waals surface area (Å²) in [5.41, 5.74) is 1.99. The molecule has 4 rings (SSSR count). The van der Waals surface area contributed by atoms with E-state index in [0.29, 0.717) is 23.7 Å². The van der Waals surface area contributed by atoms with Gasteiger partial charge in [0.15, 0.2) is 5.76 Å². The largest absolute Gasteiger partial charge is 0.463 e. The van der Waals surface area contributed by atoms with Gasteiger partial charge in [-0.1, -0.05) is 24.6 Å². The van der Waals surface area contributed by atoms with Crippen LogP contribution in [0.4, 0.5) is 0 Å². The lowest BCUT2D eigenvalue weighted by molar-refractivity contribution is 0.0939. The molecule has 0 saturated carbocycles. The molecule has 0 aliphatic carbocycles. The van der Waals surface area contributed by atoms with Gasteiger partial charge in [0.2, 0.25) is 0 Å². The van der Waals surface area contributed by atoms with Gasteiger partial charge in [0, 0.05) is 19.2 Å². The van der Waals surface area contributed by atoms with Crippen molar-refractivity contribution in [2.24, 2.45) is 0 Å². The number of carbonyl (C=O) groups excluding carboxylic acids is 1. The minimum Gasteiger partial charge on any atom is -0.463 e. The minimum absolute atomic E-state index is 0.124. The minimum atomic E-state index is -0.124. The SMILES string of the molecule is O=C(NCCN1CCCCC1)c1cc(-c2ccco2)nn1-c1ccccc1. The Morgan fingerprint density at radius 3 is 2.63 bits per heavy atom. The zero-order chi connectivity index (χ0) is 18.5. The molecular weight excluding hydrogens is 340 g/mol. The number of aromatic nitrogens is 2. The summed E-state index contributed by atoms with van der Waals surface area (Å²) in [6.45, 7) is 3.77. The standard InChI is InChI=1S/C21H24N4O2/c26-21(22-11-14-24-12-5-2-6-13-24)19-16-18(20-10-7-15-27-20)23-25(19)17-8-3-1-4-9-17/h1,3-4,7-10,15-16H,2,5-6,11-14H2,(H,22,26). The average Bonchev–Trinajstić information content (AvgIpc) is 3.39. The second kappa shape index (κ2) is 8.22. The molecule has 1 amide bonds. The van der Waals surface area contributed by atoms with E-state index in [1.54, 1.807) is 17.0 Å². The molecule has 1 aliphatic rings. The first kappa shape index (κ1) is 17.5. The van der Waals surface area contributed by atoms with Crippen molar-refractivity contribution in [1.29, 1.82) is 0 Å². The van der Waals surface area contributed by atoms with E-state index < -0.39 is 0 Å². The molecule has 6 heteroatoms. The maximum Gasteiger partial charge on any atom is 0.270 e. The molecule has 1 fully saturated rings. The number of benzene rings is 1. The summed E-state index contributed by atoms with van der Waals surface area (Å²) in [5.74, 6) is 0.521. The number of carbonyl (C=O) groups is 1. The highest BCUT2D eigenvalue weighted by atomic mass is 16.3. The molecule has 140 valence electrons. The van der Waals surface area contributed by atoms with Crippen LogP contribution in [0.25, 0.3) is 17.1 Å². The van der Waals surface area contributed by atoms with E-state index in [0.717, 1.165) is 25.3 Å². The summed E-state index contributed by atoms with van der Waals surface area (Å²) >= 11 is 0. The molecule has 0 bridgehead atoms. The number of nitrogens with one attached hydrogen (secondary N) is 1. The predicted molar refractivity (Wildman–Crippen MR) is 104 cm³/mol. The first-order chi connectivity index (χ1) is 13.3. The first-order valence-electron chi connectivity index (χ1n) is 9.51. The molecule has 1 aromatic carbocycles. The molecule has 0 radical (unpaired) electrons. The zero-order valence-corrected chi connectivity index (χ0v) is 15.3. The third-order valence-corrected chi connectivity index (χ3v) is 4.88. The quantitative estimate of drug-likeness (QED) is 0.729.